The van der Waals surface area contributed by atoms with E-state index in [0.717, 1.165) is 31.4 Å². The molecule has 2 heteroatoms. The van der Waals surface area contributed by atoms with Crippen LogP contribution in [0.4, 0.5) is 4.39 Å². The number of rotatable bonds is 6. The van der Waals surface area contributed by atoms with Crippen molar-refractivity contribution in [1.29, 1.82) is 0 Å². The van der Waals surface area contributed by atoms with Crippen molar-refractivity contribution in [2.75, 3.05) is 6.54 Å². The van der Waals surface area contributed by atoms with Gasteiger partial charge in [0.25, 0.3) is 0 Å². The maximum atomic E-state index is 13.6. The zero-order chi connectivity index (χ0) is 11.1. The highest BCUT2D eigenvalue weighted by Crippen LogP contribution is 2.21. The minimum Gasteiger partial charge on any atom is -0.310 e. The molecule has 1 aromatic rings. The Morgan fingerprint density at radius 2 is 1.93 bits per heavy atom. The van der Waals surface area contributed by atoms with Gasteiger partial charge >= 0.3 is 0 Å². The molecule has 0 aliphatic carbocycles. The predicted molar refractivity (Wildman–Crippen MR) is 62.3 cm³/mol. The highest BCUT2D eigenvalue weighted by atomic mass is 19.1. The van der Waals surface area contributed by atoms with E-state index in [1.54, 1.807) is 6.07 Å². The topological polar surface area (TPSA) is 12.0 Å². The first-order valence-corrected chi connectivity index (χ1v) is 5.77. The summed E-state index contributed by atoms with van der Waals surface area (Å²) in [6.45, 7) is 5.19. The molecule has 1 atom stereocenters. The van der Waals surface area contributed by atoms with Gasteiger partial charge in [0, 0.05) is 11.6 Å². The fourth-order valence-electron chi connectivity index (χ4n) is 1.73. The highest BCUT2D eigenvalue weighted by molar-refractivity contribution is 5.21. The Balaban J connectivity index is 2.74. The van der Waals surface area contributed by atoms with Gasteiger partial charge in [0.2, 0.25) is 0 Å². The van der Waals surface area contributed by atoms with E-state index in [1.807, 2.05) is 12.1 Å². The molecule has 0 spiro atoms. The summed E-state index contributed by atoms with van der Waals surface area (Å²) in [6, 6.07) is 7.21. The van der Waals surface area contributed by atoms with Crippen LogP contribution in [0.5, 0.6) is 0 Å². The van der Waals surface area contributed by atoms with Gasteiger partial charge < -0.3 is 5.32 Å². The highest BCUT2D eigenvalue weighted by Gasteiger charge is 2.12. The van der Waals surface area contributed by atoms with Gasteiger partial charge in [0.15, 0.2) is 0 Å². The van der Waals surface area contributed by atoms with Gasteiger partial charge in [-0.05, 0) is 25.5 Å². The maximum Gasteiger partial charge on any atom is 0.127 e. The molecule has 0 bridgehead atoms. The van der Waals surface area contributed by atoms with E-state index in [0.29, 0.717) is 0 Å². The van der Waals surface area contributed by atoms with Crippen molar-refractivity contribution in [3.63, 3.8) is 0 Å². The molecule has 0 aliphatic heterocycles. The Morgan fingerprint density at radius 3 is 2.53 bits per heavy atom. The van der Waals surface area contributed by atoms with E-state index in [-0.39, 0.29) is 11.9 Å². The number of benzene rings is 1. The van der Waals surface area contributed by atoms with Crippen molar-refractivity contribution < 1.29 is 4.39 Å². The lowest BCUT2D eigenvalue weighted by Crippen LogP contribution is -2.22. The van der Waals surface area contributed by atoms with Gasteiger partial charge in [0.05, 0.1) is 0 Å². The van der Waals surface area contributed by atoms with E-state index in [1.165, 1.54) is 6.07 Å². The van der Waals surface area contributed by atoms with Gasteiger partial charge in [-0.15, -0.1) is 0 Å². The molecule has 1 rings (SSSR count). The molecule has 0 saturated carbocycles. The summed E-state index contributed by atoms with van der Waals surface area (Å²) >= 11 is 0. The first-order chi connectivity index (χ1) is 7.29. The largest absolute Gasteiger partial charge is 0.310 e. The molecule has 84 valence electrons. The monoisotopic (exact) mass is 209 g/mol. The van der Waals surface area contributed by atoms with Gasteiger partial charge in [0.1, 0.15) is 5.82 Å². The second-order valence-electron chi connectivity index (χ2n) is 3.82. The number of hydrogen-bond donors (Lipinski definition) is 1. The second kappa shape index (κ2) is 6.57. The van der Waals surface area contributed by atoms with E-state index in [9.17, 15) is 4.39 Å². The molecule has 0 heterocycles. The predicted octanol–water partition coefficient (Wildman–Crippen LogP) is 3.67. The average Bonchev–Trinajstić information content (AvgIpc) is 2.25. The first kappa shape index (κ1) is 12.2. The van der Waals surface area contributed by atoms with E-state index in [4.69, 9.17) is 0 Å². The lowest BCUT2D eigenvalue weighted by Gasteiger charge is -2.18. The lowest BCUT2D eigenvalue weighted by molar-refractivity contribution is 0.469. The van der Waals surface area contributed by atoms with Gasteiger partial charge in [-0.2, -0.15) is 0 Å². The Hall–Kier alpha value is -0.890. The van der Waals surface area contributed by atoms with Crippen molar-refractivity contribution in [1.82, 2.24) is 5.32 Å². The van der Waals surface area contributed by atoms with Crippen molar-refractivity contribution >= 4 is 0 Å². The SMILES string of the molecule is CCCNC(CCC)c1ccccc1F. The first-order valence-electron chi connectivity index (χ1n) is 5.77. The van der Waals surface area contributed by atoms with Crippen molar-refractivity contribution in [2.45, 2.75) is 39.2 Å². The molecule has 1 N–H and O–H groups in total. The van der Waals surface area contributed by atoms with Crippen LogP contribution in [0, 0.1) is 5.82 Å². The molecule has 15 heavy (non-hydrogen) atoms. The standard InChI is InChI=1S/C13H20FN/c1-3-7-13(15-10-4-2)11-8-5-6-9-12(11)14/h5-6,8-9,13,15H,3-4,7,10H2,1-2H3. The summed E-state index contributed by atoms with van der Waals surface area (Å²) in [7, 11) is 0. The minimum absolute atomic E-state index is 0.0976. The molecule has 0 saturated heterocycles. The number of halogens is 1. The Labute approximate surface area is 91.7 Å². The summed E-state index contributed by atoms with van der Waals surface area (Å²) in [5.41, 5.74) is 0.799. The van der Waals surface area contributed by atoms with Crippen LogP contribution in [-0.4, -0.2) is 6.54 Å². The molecule has 0 aliphatic rings. The van der Waals surface area contributed by atoms with Crippen LogP contribution in [0.2, 0.25) is 0 Å². The van der Waals surface area contributed by atoms with Crippen molar-refractivity contribution in [3.8, 4) is 0 Å². The minimum atomic E-state index is -0.0976. The van der Waals surface area contributed by atoms with Crippen LogP contribution < -0.4 is 5.32 Å². The third-order valence-corrected chi connectivity index (χ3v) is 2.50. The van der Waals surface area contributed by atoms with Crippen molar-refractivity contribution in [3.05, 3.63) is 35.6 Å². The third-order valence-electron chi connectivity index (χ3n) is 2.50. The zero-order valence-electron chi connectivity index (χ0n) is 9.59. The smallest absolute Gasteiger partial charge is 0.127 e. The van der Waals surface area contributed by atoms with Crippen LogP contribution >= 0.6 is 0 Å². The number of hydrogen-bond acceptors (Lipinski definition) is 1. The summed E-state index contributed by atoms with van der Waals surface area (Å²) in [5, 5.41) is 3.39. The molecular weight excluding hydrogens is 189 g/mol. The van der Waals surface area contributed by atoms with Gasteiger partial charge in [-0.1, -0.05) is 38.5 Å². The molecule has 0 fully saturated rings. The Bertz CT molecular complexity index is 286. The summed E-state index contributed by atoms with van der Waals surface area (Å²) < 4.78 is 13.6. The Kier molecular flexibility index (Phi) is 5.33. The fraction of sp³-hybridized carbons (Fsp3) is 0.538. The normalized spacial score (nSPS) is 12.7. The molecule has 1 aromatic carbocycles. The maximum absolute atomic E-state index is 13.6. The fourth-order valence-corrected chi connectivity index (χ4v) is 1.73. The molecule has 1 unspecified atom stereocenters. The van der Waals surface area contributed by atoms with E-state index >= 15 is 0 Å². The van der Waals surface area contributed by atoms with Gasteiger partial charge in [-0.25, -0.2) is 4.39 Å². The molecule has 0 aromatic heterocycles. The van der Waals surface area contributed by atoms with Crippen LogP contribution in [0.1, 0.15) is 44.7 Å². The summed E-state index contributed by atoms with van der Waals surface area (Å²) in [4.78, 5) is 0. The average molecular weight is 209 g/mol. The van der Waals surface area contributed by atoms with Crippen LogP contribution in [0.25, 0.3) is 0 Å². The van der Waals surface area contributed by atoms with Gasteiger partial charge in [-0.3, -0.25) is 0 Å². The van der Waals surface area contributed by atoms with E-state index in [2.05, 4.69) is 19.2 Å². The molecular formula is C13H20FN. The second-order valence-corrected chi connectivity index (χ2v) is 3.82. The van der Waals surface area contributed by atoms with Crippen LogP contribution in [0.3, 0.4) is 0 Å². The third kappa shape index (κ3) is 3.63. The van der Waals surface area contributed by atoms with Crippen LogP contribution in [0.15, 0.2) is 24.3 Å². The van der Waals surface area contributed by atoms with Crippen LogP contribution in [-0.2, 0) is 0 Å². The quantitative estimate of drug-likeness (QED) is 0.753. The summed E-state index contributed by atoms with van der Waals surface area (Å²) in [6.07, 6.45) is 3.13. The molecule has 0 radical (unpaired) electrons. The van der Waals surface area contributed by atoms with Crippen molar-refractivity contribution in [2.24, 2.45) is 0 Å². The molecule has 0 amide bonds. The lowest BCUT2D eigenvalue weighted by atomic mass is 10.0. The number of nitrogens with one attached hydrogen (secondary N) is 1. The summed E-state index contributed by atoms with van der Waals surface area (Å²) in [5.74, 6) is -0.0976. The van der Waals surface area contributed by atoms with E-state index < -0.39 is 0 Å². The Morgan fingerprint density at radius 1 is 1.20 bits per heavy atom. The zero-order valence-corrected chi connectivity index (χ0v) is 9.59. The molecule has 1 nitrogen and oxygen atoms in total.